The molecule has 0 aromatic rings. The van der Waals surface area contributed by atoms with Crippen molar-refractivity contribution in [1.29, 1.82) is 0 Å². The van der Waals surface area contributed by atoms with Crippen molar-refractivity contribution in [3.05, 3.63) is 23.5 Å². The van der Waals surface area contributed by atoms with Gasteiger partial charge in [0.05, 0.1) is 24.6 Å². The average molecular weight is 182 g/mol. The van der Waals surface area contributed by atoms with Crippen LogP contribution in [0, 0.1) is 0 Å². The number of nitrogens with zero attached hydrogens (tertiary/aromatic N) is 3. The Balaban J connectivity index is 1.90. The summed E-state index contributed by atoms with van der Waals surface area (Å²) in [5.41, 5.74) is 1.36. The Bertz CT molecular complexity index is 262. The highest BCUT2D eigenvalue weighted by Crippen LogP contribution is 2.33. The fraction of sp³-hybridized carbons (Fsp3) is 0.429. The monoisotopic (exact) mass is 182 g/mol. The van der Waals surface area contributed by atoms with Crippen LogP contribution in [0.3, 0.4) is 0 Å². The Morgan fingerprint density at radius 2 is 2.50 bits per heavy atom. The molecule has 0 aromatic carbocycles. The Labute approximate surface area is 75.6 Å². The van der Waals surface area contributed by atoms with E-state index >= 15 is 0 Å². The molecule has 0 amide bonds. The third-order valence-electron chi connectivity index (χ3n) is 2.21. The lowest BCUT2D eigenvalue weighted by Crippen LogP contribution is -2.46. The normalized spacial score (nSPS) is 26.0. The van der Waals surface area contributed by atoms with E-state index in [9.17, 15) is 0 Å². The molecule has 64 valence electrons. The van der Waals surface area contributed by atoms with E-state index in [1.165, 1.54) is 5.70 Å². The number of fused-ring (bicyclic) bond motifs is 3. The van der Waals surface area contributed by atoms with Crippen LogP contribution in [0.4, 0.5) is 0 Å². The van der Waals surface area contributed by atoms with Gasteiger partial charge in [0, 0.05) is 30.4 Å². The highest BCUT2D eigenvalue weighted by Gasteiger charge is 2.31. The predicted molar refractivity (Wildman–Crippen MR) is 48.1 cm³/mol. The van der Waals surface area contributed by atoms with Crippen LogP contribution in [0.15, 0.2) is 23.5 Å². The van der Waals surface area contributed by atoms with E-state index in [2.05, 4.69) is 37.7 Å². The van der Waals surface area contributed by atoms with E-state index in [1.807, 2.05) is 0 Å². The number of hydrazine groups is 2. The lowest BCUT2D eigenvalue weighted by molar-refractivity contribution is -0.0117. The lowest BCUT2D eigenvalue weighted by Gasteiger charge is -2.34. The number of hydrogen-bond acceptors (Lipinski definition) is 5. The summed E-state index contributed by atoms with van der Waals surface area (Å²) >= 11 is 1.71. The zero-order valence-corrected chi connectivity index (χ0v) is 7.42. The van der Waals surface area contributed by atoms with Crippen molar-refractivity contribution in [2.75, 3.05) is 19.6 Å². The topological polar surface area (TPSA) is 21.8 Å². The Hall–Kier alpha value is -0.810. The van der Waals surface area contributed by atoms with Crippen molar-refractivity contribution in [3.8, 4) is 0 Å². The van der Waals surface area contributed by atoms with Gasteiger partial charge in [0.25, 0.3) is 0 Å². The molecule has 3 heterocycles. The molecule has 0 atom stereocenters. The molecule has 0 unspecified atom stereocenters. The summed E-state index contributed by atoms with van der Waals surface area (Å²) in [5, 5.41) is 9.89. The van der Waals surface area contributed by atoms with E-state index in [4.69, 9.17) is 0 Å². The van der Waals surface area contributed by atoms with Crippen molar-refractivity contribution in [1.82, 2.24) is 19.9 Å². The van der Waals surface area contributed by atoms with Crippen molar-refractivity contribution >= 4 is 11.9 Å². The number of rotatable bonds is 0. The van der Waals surface area contributed by atoms with Gasteiger partial charge in [-0.25, -0.2) is 4.41 Å². The Kier molecular flexibility index (Phi) is 1.30. The third-order valence-corrected chi connectivity index (χ3v) is 2.94. The molecular formula is C7H10N4S. The zero-order valence-electron chi connectivity index (χ0n) is 6.60. The van der Waals surface area contributed by atoms with Gasteiger partial charge in [0.2, 0.25) is 0 Å². The molecule has 0 aromatic heterocycles. The van der Waals surface area contributed by atoms with Crippen LogP contribution in [0.1, 0.15) is 0 Å². The smallest absolute Gasteiger partial charge is 0.0695 e. The zero-order chi connectivity index (χ0) is 7.97. The SMILES string of the molecule is C1=CN2N(C=C3CNCCN32)S1. The van der Waals surface area contributed by atoms with Gasteiger partial charge in [0.15, 0.2) is 0 Å². The van der Waals surface area contributed by atoms with Crippen LogP contribution in [0.25, 0.3) is 0 Å². The molecular weight excluding hydrogens is 172 g/mol. The number of hydrogen-bond donors (Lipinski definition) is 1. The van der Waals surface area contributed by atoms with Gasteiger partial charge >= 0.3 is 0 Å². The molecule has 3 aliphatic heterocycles. The maximum absolute atomic E-state index is 3.35. The summed E-state index contributed by atoms with van der Waals surface area (Å²) in [6.07, 6.45) is 4.27. The van der Waals surface area contributed by atoms with Gasteiger partial charge in [-0.3, -0.25) is 5.01 Å². The summed E-state index contributed by atoms with van der Waals surface area (Å²) in [6.45, 7) is 3.12. The summed E-state index contributed by atoms with van der Waals surface area (Å²) < 4.78 is 2.14. The molecule has 1 fully saturated rings. The quantitative estimate of drug-likeness (QED) is 0.543. The molecule has 1 saturated heterocycles. The molecule has 0 saturated carbocycles. The molecule has 0 bridgehead atoms. The third kappa shape index (κ3) is 0.776. The maximum Gasteiger partial charge on any atom is 0.0695 e. The number of nitrogens with one attached hydrogen (secondary N) is 1. The highest BCUT2D eigenvalue weighted by molar-refractivity contribution is 8.00. The average Bonchev–Trinajstić information content (AvgIpc) is 2.62. The molecule has 0 radical (unpaired) electrons. The summed E-state index contributed by atoms with van der Waals surface area (Å²) in [4.78, 5) is 0. The van der Waals surface area contributed by atoms with Gasteiger partial charge in [-0.1, -0.05) is 0 Å². The number of piperazine rings is 1. The van der Waals surface area contributed by atoms with Gasteiger partial charge < -0.3 is 5.32 Å². The van der Waals surface area contributed by atoms with Crippen LogP contribution in [-0.4, -0.2) is 34.2 Å². The minimum atomic E-state index is 0.988. The second kappa shape index (κ2) is 2.34. The van der Waals surface area contributed by atoms with E-state index in [-0.39, 0.29) is 0 Å². The standard InChI is InChI=1S/C7H10N4S/c1-2-9-7(5-8-1)6-11-10(9)3-4-12-11/h3-4,6,8H,1-2,5H2. The first kappa shape index (κ1) is 6.68. The second-order valence-electron chi connectivity index (χ2n) is 2.93. The van der Waals surface area contributed by atoms with Gasteiger partial charge in [-0.2, -0.15) is 5.12 Å². The van der Waals surface area contributed by atoms with E-state index < -0.39 is 0 Å². The van der Waals surface area contributed by atoms with Gasteiger partial charge in [-0.15, -0.1) is 0 Å². The van der Waals surface area contributed by atoms with Gasteiger partial charge in [0.1, 0.15) is 0 Å². The van der Waals surface area contributed by atoms with Crippen molar-refractivity contribution in [2.45, 2.75) is 0 Å². The minimum absolute atomic E-state index is 0.988. The molecule has 5 heteroatoms. The largest absolute Gasteiger partial charge is 0.309 e. The Morgan fingerprint density at radius 3 is 3.50 bits per heavy atom. The van der Waals surface area contributed by atoms with Crippen LogP contribution in [0.5, 0.6) is 0 Å². The molecule has 0 spiro atoms. The van der Waals surface area contributed by atoms with Crippen LogP contribution in [-0.2, 0) is 0 Å². The molecule has 3 rings (SSSR count). The summed E-state index contributed by atoms with van der Waals surface area (Å²) in [6, 6.07) is 0. The first-order valence-electron chi connectivity index (χ1n) is 4.06. The highest BCUT2D eigenvalue weighted by atomic mass is 32.2. The fourth-order valence-electron chi connectivity index (χ4n) is 1.64. The lowest BCUT2D eigenvalue weighted by atomic mass is 10.3. The molecule has 1 N–H and O–H groups in total. The van der Waals surface area contributed by atoms with E-state index in [1.54, 1.807) is 11.9 Å². The molecule has 4 nitrogen and oxygen atoms in total. The van der Waals surface area contributed by atoms with Crippen molar-refractivity contribution in [3.63, 3.8) is 0 Å². The second-order valence-corrected chi connectivity index (χ2v) is 3.79. The van der Waals surface area contributed by atoms with Crippen LogP contribution in [0.2, 0.25) is 0 Å². The van der Waals surface area contributed by atoms with Crippen LogP contribution < -0.4 is 5.32 Å². The Morgan fingerprint density at radius 1 is 1.50 bits per heavy atom. The first-order valence-corrected chi connectivity index (χ1v) is 4.89. The maximum atomic E-state index is 3.35. The van der Waals surface area contributed by atoms with E-state index in [0.29, 0.717) is 0 Å². The molecule has 3 aliphatic rings. The summed E-state index contributed by atoms with van der Waals surface area (Å²) in [5.74, 6) is 0. The first-order chi connectivity index (χ1) is 5.95. The van der Waals surface area contributed by atoms with Crippen molar-refractivity contribution < 1.29 is 0 Å². The fourth-order valence-corrected chi connectivity index (χ4v) is 2.35. The van der Waals surface area contributed by atoms with Crippen LogP contribution >= 0.6 is 11.9 Å². The minimum Gasteiger partial charge on any atom is -0.309 e. The van der Waals surface area contributed by atoms with Gasteiger partial charge in [-0.05, 0) is 0 Å². The van der Waals surface area contributed by atoms with Crippen molar-refractivity contribution in [2.24, 2.45) is 0 Å². The molecule has 0 aliphatic carbocycles. The molecule has 12 heavy (non-hydrogen) atoms. The van der Waals surface area contributed by atoms with E-state index in [0.717, 1.165) is 19.6 Å². The predicted octanol–water partition coefficient (Wildman–Crippen LogP) is 0.314. The summed E-state index contributed by atoms with van der Waals surface area (Å²) in [7, 11) is 0.